The van der Waals surface area contributed by atoms with E-state index >= 15 is 0 Å². The number of thioether (sulfide) groups is 1. The minimum absolute atomic E-state index is 0.0113. The fraction of sp³-hybridized carbons (Fsp3) is 0.294. The molecular formula is C17H19N3O2S2. The van der Waals surface area contributed by atoms with Crippen LogP contribution < -0.4 is 0 Å². The summed E-state index contributed by atoms with van der Waals surface area (Å²) in [5, 5.41) is 13.2. The van der Waals surface area contributed by atoms with Gasteiger partial charge in [0.15, 0.2) is 0 Å². The van der Waals surface area contributed by atoms with Gasteiger partial charge in [0.25, 0.3) is 0 Å². The molecule has 3 rings (SSSR count). The number of carbonyl (C=O) groups excluding carboxylic acids is 1. The Kier molecular flexibility index (Phi) is 5.55. The van der Waals surface area contributed by atoms with Gasteiger partial charge in [-0.1, -0.05) is 18.2 Å². The van der Waals surface area contributed by atoms with E-state index in [1.807, 2.05) is 24.6 Å². The Labute approximate surface area is 148 Å². The molecule has 2 aromatic heterocycles. The zero-order chi connectivity index (χ0) is 16.9. The summed E-state index contributed by atoms with van der Waals surface area (Å²) in [4.78, 5) is 19.5. The largest absolute Gasteiger partial charge is 0.395 e. The van der Waals surface area contributed by atoms with Gasteiger partial charge in [0.1, 0.15) is 5.01 Å². The molecule has 3 aromatic rings. The Bertz CT molecular complexity index is 814. The van der Waals surface area contributed by atoms with Crippen molar-refractivity contribution in [3.8, 4) is 0 Å². The van der Waals surface area contributed by atoms with E-state index < -0.39 is 0 Å². The third-order valence-corrected chi connectivity index (χ3v) is 5.54. The first kappa shape index (κ1) is 17.0. The molecular weight excluding hydrogens is 342 g/mol. The third kappa shape index (κ3) is 3.80. The van der Waals surface area contributed by atoms with E-state index in [1.165, 1.54) is 23.1 Å². The zero-order valence-corrected chi connectivity index (χ0v) is 15.0. The second-order valence-corrected chi connectivity index (χ2v) is 7.37. The van der Waals surface area contributed by atoms with Crippen LogP contribution in [0, 0.1) is 0 Å². The average Bonchev–Trinajstić information content (AvgIpc) is 3.21. The molecule has 0 spiro atoms. The molecule has 5 nitrogen and oxygen atoms in total. The molecule has 2 heterocycles. The molecule has 0 aliphatic carbocycles. The monoisotopic (exact) mass is 361 g/mol. The quantitative estimate of drug-likeness (QED) is 0.658. The zero-order valence-electron chi connectivity index (χ0n) is 13.4. The normalized spacial score (nSPS) is 11.1. The number of thiazole rings is 1. The van der Waals surface area contributed by atoms with Crippen LogP contribution in [0.2, 0.25) is 0 Å². The van der Waals surface area contributed by atoms with Crippen LogP contribution in [0.1, 0.15) is 5.01 Å². The molecule has 1 aromatic carbocycles. The molecule has 0 atom stereocenters. The van der Waals surface area contributed by atoms with Gasteiger partial charge in [-0.3, -0.25) is 4.79 Å². The van der Waals surface area contributed by atoms with Gasteiger partial charge in [0.2, 0.25) is 5.91 Å². The van der Waals surface area contributed by atoms with Crippen molar-refractivity contribution in [2.45, 2.75) is 11.4 Å². The SMILES string of the molecule is Cn1cc(SCC(=O)N(CCO)Cc2nccs2)c2ccccc21. The molecule has 0 bridgehead atoms. The van der Waals surface area contributed by atoms with Crippen LogP contribution in [-0.4, -0.2) is 44.4 Å². The number of aliphatic hydroxyl groups excluding tert-OH is 1. The van der Waals surface area contributed by atoms with Crippen molar-refractivity contribution in [2.75, 3.05) is 18.9 Å². The predicted molar refractivity (Wildman–Crippen MR) is 98.3 cm³/mol. The van der Waals surface area contributed by atoms with Crippen molar-refractivity contribution in [3.63, 3.8) is 0 Å². The molecule has 0 radical (unpaired) electrons. The maximum absolute atomic E-state index is 12.5. The number of para-hydroxylation sites is 1. The van der Waals surface area contributed by atoms with Gasteiger partial charge in [-0.2, -0.15) is 0 Å². The Morgan fingerprint density at radius 2 is 2.25 bits per heavy atom. The van der Waals surface area contributed by atoms with Crippen LogP contribution in [0.15, 0.2) is 46.9 Å². The van der Waals surface area contributed by atoms with Crippen LogP contribution in [0.5, 0.6) is 0 Å². The van der Waals surface area contributed by atoms with Gasteiger partial charge in [-0.25, -0.2) is 4.98 Å². The Hall–Kier alpha value is -1.83. The molecule has 0 saturated heterocycles. The summed E-state index contributed by atoms with van der Waals surface area (Å²) in [6.45, 7) is 0.734. The smallest absolute Gasteiger partial charge is 0.233 e. The lowest BCUT2D eigenvalue weighted by Gasteiger charge is -2.20. The predicted octanol–water partition coefficient (Wildman–Crippen LogP) is 2.75. The van der Waals surface area contributed by atoms with E-state index in [0.29, 0.717) is 18.8 Å². The molecule has 1 amide bonds. The number of aryl methyl sites for hydroxylation is 1. The molecule has 0 aliphatic heterocycles. The van der Waals surface area contributed by atoms with Crippen LogP contribution in [0.4, 0.5) is 0 Å². The van der Waals surface area contributed by atoms with Crippen LogP contribution in [0.3, 0.4) is 0 Å². The van der Waals surface area contributed by atoms with Gasteiger partial charge in [0, 0.05) is 47.2 Å². The van der Waals surface area contributed by atoms with Crippen LogP contribution in [-0.2, 0) is 18.4 Å². The standard InChI is InChI=1S/C17H19N3O2S2/c1-19-10-15(13-4-2-3-5-14(13)19)24-12-17(22)20(7-8-21)11-16-18-6-9-23-16/h2-6,9-10,21H,7-8,11-12H2,1H3. The van der Waals surface area contributed by atoms with Crippen molar-refractivity contribution in [2.24, 2.45) is 7.05 Å². The fourth-order valence-corrected chi connectivity index (χ4v) is 4.21. The van der Waals surface area contributed by atoms with Gasteiger partial charge < -0.3 is 14.6 Å². The highest BCUT2D eigenvalue weighted by Gasteiger charge is 2.16. The molecule has 24 heavy (non-hydrogen) atoms. The van der Waals surface area contributed by atoms with Crippen molar-refractivity contribution in [3.05, 3.63) is 47.0 Å². The highest BCUT2D eigenvalue weighted by molar-refractivity contribution is 8.00. The second kappa shape index (κ2) is 7.83. The summed E-state index contributed by atoms with van der Waals surface area (Å²) in [7, 11) is 2.01. The van der Waals surface area contributed by atoms with Gasteiger partial charge >= 0.3 is 0 Å². The first-order valence-electron chi connectivity index (χ1n) is 7.63. The Balaban J connectivity index is 1.68. The molecule has 1 N–H and O–H groups in total. The van der Waals surface area contributed by atoms with E-state index in [-0.39, 0.29) is 12.5 Å². The molecule has 0 unspecified atom stereocenters. The summed E-state index contributed by atoms with van der Waals surface area (Å²) < 4.78 is 2.07. The maximum atomic E-state index is 12.5. The summed E-state index contributed by atoms with van der Waals surface area (Å²) in [5.41, 5.74) is 1.16. The Morgan fingerprint density at radius 1 is 1.42 bits per heavy atom. The van der Waals surface area contributed by atoms with Crippen molar-refractivity contribution in [1.29, 1.82) is 0 Å². The number of nitrogens with zero attached hydrogens (tertiary/aromatic N) is 3. The first-order valence-corrected chi connectivity index (χ1v) is 9.49. The average molecular weight is 361 g/mol. The lowest BCUT2D eigenvalue weighted by atomic mass is 10.2. The topological polar surface area (TPSA) is 58.4 Å². The number of aromatic nitrogens is 2. The number of carbonyl (C=O) groups is 1. The number of amides is 1. The van der Waals surface area contributed by atoms with E-state index in [4.69, 9.17) is 0 Å². The van der Waals surface area contributed by atoms with Gasteiger partial charge in [-0.15, -0.1) is 23.1 Å². The molecule has 0 aliphatic rings. The summed E-state index contributed by atoms with van der Waals surface area (Å²) in [6.07, 6.45) is 3.78. The molecule has 0 fully saturated rings. The van der Waals surface area contributed by atoms with Crippen molar-refractivity contribution < 1.29 is 9.90 Å². The van der Waals surface area contributed by atoms with Crippen molar-refractivity contribution in [1.82, 2.24) is 14.5 Å². The van der Waals surface area contributed by atoms with E-state index in [0.717, 1.165) is 20.8 Å². The number of hydrogen-bond acceptors (Lipinski definition) is 5. The number of rotatable bonds is 7. The highest BCUT2D eigenvalue weighted by Crippen LogP contribution is 2.29. The van der Waals surface area contributed by atoms with Crippen molar-refractivity contribution >= 4 is 39.9 Å². The van der Waals surface area contributed by atoms with E-state index in [1.54, 1.807) is 11.1 Å². The van der Waals surface area contributed by atoms with Gasteiger partial charge in [0.05, 0.1) is 18.9 Å². The Morgan fingerprint density at radius 3 is 3.00 bits per heavy atom. The van der Waals surface area contributed by atoms with Crippen LogP contribution >= 0.6 is 23.1 Å². The summed E-state index contributed by atoms with van der Waals surface area (Å²) in [6, 6.07) is 8.17. The minimum Gasteiger partial charge on any atom is -0.395 e. The molecule has 126 valence electrons. The number of benzene rings is 1. The highest BCUT2D eigenvalue weighted by atomic mass is 32.2. The second-order valence-electron chi connectivity index (χ2n) is 5.37. The summed E-state index contributed by atoms with van der Waals surface area (Å²) >= 11 is 3.05. The third-order valence-electron chi connectivity index (χ3n) is 3.74. The number of hydrogen-bond donors (Lipinski definition) is 1. The van der Waals surface area contributed by atoms with E-state index in [9.17, 15) is 9.90 Å². The molecule has 0 saturated carbocycles. The maximum Gasteiger partial charge on any atom is 0.233 e. The fourth-order valence-electron chi connectivity index (χ4n) is 2.56. The lowest BCUT2D eigenvalue weighted by molar-refractivity contribution is -0.129. The van der Waals surface area contributed by atoms with Crippen LogP contribution in [0.25, 0.3) is 10.9 Å². The summed E-state index contributed by atoms with van der Waals surface area (Å²) in [5.74, 6) is 0.358. The number of aliphatic hydroxyl groups is 1. The lowest BCUT2D eigenvalue weighted by Crippen LogP contribution is -2.34. The van der Waals surface area contributed by atoms with E-state index in [2.05, 4.69) is 27.9 Å². The first-order chi connectivity index (χ1) is 11.7. The number of fused-ring (bicyclic) bond motifs is 1. The molecule has 7 heteroatoms. The van der Waals surface area contributed by atoms with Gasteiger partial charge in [-0.05, 0) is 6.07 Å². The minimum atomic E-state index is -0.0456.